The Morgan fingerprint density at radius 1 is 0.783 bits per heavy atom. The predicted octanol–water partition coefficient (Wildman–Crippen LogP) is 5.78. The molecule has 2 nitrogen and oxygen atoms in total. The molecule has 0 aliphatic heterocycles. The Balaban J connectivity index is 2.29. The summed E-state index contributed by atoms with van der Waals surface area (Å²) in [4.78, 5) is 0. The zero-order chi connectivity index (χ0) is 16.7. The van der Waals surface area contributed by atoms with Gasteiger partial charge in [-0.15, -0.1) is 11.6 Å². The molecule has 124 valence electrons. The maximum atomic E-state index is 9.55. The topological polar surface area (TPSA) is 40.5 Å². The predicted molar refractivity (Wildman–Crippen MR) is 96.6 cm³/mol. The number of rotatable bonds is 8. The van der Waals surface area contributed by atoms with Gasteiger partial charge in [-0.2, -0.15) is 0 Å². The number of unbranched alkanes of at least 4 members (excludes halogenated alkanes) is 1. The standard InChI is InChI=1S/C20H25ClO2/c1-2-19(15-6-10-17(22)11-7-15)20(5-3-4-14-21)16-8-12-18(23)13-9-16/h6-13,19-20,22-23H,2-5,14H2,1H3/t19-,20+/m0/s1. The highest BCUT2D eigenvalue weighted by Gasteiger charge is 2.23. The minimum absolute atomic E-state index is 0.297. The highest BCUT2D eigenvalue weighted by atomic mass is 35.5. The average molecular weight is 333 g/mol. The molecule has 0 bridgehead atoms. The summed E-state index contributed by atoms with van der Waals surface area (Å²) in [7, 11) is 0. The van der Waals surface area contributed by atoms with Gasteiger partial charge in [-0.3, -0.25) is 0 Å². The Morgan fingerprint density at radius 3 is 1.70 bits per heavy atom. The smallest absolute Gasteiger partial charge is 0.115 e. The van der Waals surface area contributed by atoms with Crippen LogP contribution in [0, 0.1) is 0 Å². The van der Waals surface area contributed by atoms with Crippen LogP contribution in [0.4, 0.5) is 0 Å². The van der Waals surface area contributed by atoms with Gasteiger partial charge < -0.3 is 10.2 Å². The van der Waals surface area contributed by atoms with Gasteiger partial charge in [0.15, 0.2) is 0 Å². The second-order valence-electron chi connectivity index (χ2n) is 5.99. The molecule has 2 rings (SSSR count). The minimum Gasteiger partial charge on any atom is -0.508 e. The largest absolute Gasteiger partial charge is 0.508 e. The van der Waals surface area contributed by atoms with Gasteiger partial charge in [0.05, 0.1) is 0 Å². The number of halogens is 1. The molecule has 0 aromatic heterocycles. The van der Waals surface area contributed by atoms with Gasteiger partial charge in [-0.05, 0) is 66.5 Å². The second kappa shape index (κ2) is 8.83. The number of aromatic hydroxyl groups is 2. The number of alkyl halides is 1. The highest BCUT2D eigenvalue weighted by molar-refractivity contribution is 6.17. The summed E-state index contributed by atoms with van der Waals surface area (Å²) in [5.74, 6) is 2.06. The van der Waals surface area contributed by atoms with Crippen LogP contribution in [0.3, 0.4) is 0 Å². The second-order valence-corrected chi connectivity index (χ2v) is 6.37. The van der Waals surface area contributed by atoms with Crippen LogP contribution in [-0.2, 0) is 0 Å². The summed E-state index contributed by atoms with van der Waals surface area (Å²) >= 11 is 5.84. The van der Waals surface area contributed by atoms with Crippen molar-refractivity contribution in [2.24, 2.45) is 0 Å². The van der Waals surface area contributed by atoms with E-state index in [2.05, 4.69) is 6.92 Å². The van der Waals surface area contributed by atoms with Gasteiger partial charge in [0.2, 0.25) is 0 Å². The Morgan fingerprint density at radius 2 is 1.26 bits per heavy atom. The van der Waals surface area contributed by atoms with Gasteiger partial charge in [0, 0.05) is 5.88 Å². The number of benzene rings is 2. The van der Waals surface area contributed by atoms with Crippen LogP contribution >= 0.6 is 11.6 Å². The summed E-state index contributed by atoms with van der Waals surface area (Å²) < 4.78 is 0. The van der Waals surface area contributed by atoms with E-state index in [1.807, 2.05) is 24.3 Å². The van der Waals surface area contributed by atoms with Crippen molar-refractivity contribution in [1.82, 2.24) is 0 Å². The lowest BCUT2D eigenvalue weighted by Gasteiger charge is -2.27. The molecule has 0 unspecified atom stereocenters. The van der Waals surface area contributed by atoms with Gasteiger partial charge in [0.25, 0.3) is 0 Å². The Kier molecular flexibility index (Phi) is 6.79. The lowest BCUT2D eigenvalue weighted by molar-refractivity contribution is 0.463. The molecule has 3 heteroatoms. The molecule has 0 fully saturated rings. The van der Waals surface area contributed by atoms with Crippen molar-refractivity contribution < 1.29 is 10.2 Å². The Labute approximate surface area is 143 Å². The molecule has 0 heterocycles. The lowest BCUT2D eigenvalue weighted by atomic mass is 9.77. The van der Waals surface area contributed by atoms with Gasteiger partial charge in [0.1, 0.15) is 11.5 Å². The summed E-state index contributed by atoms with van der Waals surface area (Å²) in [6.07, 6.45) is 4.19. The van der Waals surface area contributed by atoms with Crippen molar-refractivity contribution in [3.63, 3.8) is 0 Å². The fourth-order valence-electron chi connectivity index (χ4n) is 3.25. The molecule has 0 aliphatic rings. The van der Waals surface area contributed by atoms with E-state index in [1.165, 1.54) is 11.1 Å². The average Bonchev–Trinajstić information content (AvgIpc) is 2.57. The first-order valence-electron chi connectivity index (χ1n) is 8.29. The van der Waals surface area contributed by atoms with Crippen LogP contribution in [-0.4, -0.2) is 16.1 Å². The maximum Gasteiger partial charge on any atom is 0.115 e. The van der Waals surface area contributed by atoms with E-state index in [4.69, 9.17) is 11.6 Å². The highest BCUT2D eigenvalue weighted by Crippen LogP contribution is 2.40. The molecule has 0 amide bonds. The monoisotopic (exact) mass is 332 g/mol. The van der Waals surface area contributed by atoms with Crippen LogP contribution in [0.15, 0.2) is 48.5 Å². The molecule has 0 saturated heterocycles. The van der Waals surface area contributed by atoms with Crippen molar-refractivity contribution in [3.05, 3.63) is 59.7 Å². The fraction of sp³-hybridized carbons (Fsp3) is 0.400. The molecular formula is C20H25ClO2. The number of hydrogen-bond acceptors (Lipinski definition) is 2. The van der Waals surface area contributed by atoms with E-state index in [9.17, 15) is 10.2 Å². The molecule has 0 spiro atoms. The van der Waals surface area contributed by atoms with Gasteiger partial charge >= 0.3 is 0 Å². The molecule has 2 aromatic carbocycles. The van der Waals surface area contributed by atoms with E-state index < -0.39 is 0 Å². The van der Waals surface area contributed by atoms with Crippen molar-refractivity contribution in [1.29, 1.82) is 0 Å². The van der Waals surface area contributed by atoms with Crippen LogP contribution in [0.25, 0.3) is 0 Å². The van der Waals surface area contributed by atoms with Gasteiger partial charge in [-0.1, -0.05) is 37.6 Å². The van der Waals surface area contributed by atoms with Crippen LogP contribution < -0.4 is 0 Å². The molecule has 2 atom stereocenters. The van der Waals surface area contributed by atoms with Crippen molar-refractivity contribution in [2.45, 2.75) is 44.4 Å². The number of phenols is 2. The Hall–Kier alpha value is -1.67. The van der Waals surface area contributed by atoms with E-state index in [-0.39, 0.29) is 0 Å². The third-order valence-corrected chi connectivity index (χ3v) is 4.73. The van der Waals surface area contributed by atoms with Crippen molar-refractivity contribution in [3.8, 4) is 11.5 Å². The lowest BCUT2D eigenvalue weighted by Crippen LogP contribution is -2.11. The number of hydrogen-bond donors (Lipinski definition) is 2. The minimum atomic E-state index is 0.297. The summed E-state index contributed by atoms with van der Waals surface area (Å²) in [5, 5.41) is 19.1. The zero-order valence-electron chi connectivity index (χ0n) is 13.6. The SMILES string of the molecule is CC[C@@H](c1ccc(O)cc1)[C@H](CCCCCl)c1ccc(O)cc1. The van der Waals surface area contributed by atoms with Crippen LogP contribution in [0.1, 0.15) is 55.6 Å². The molecule has 0 radical (unpaired) electrons. The quantitative estimate of drug-likeness (QED) is 0.475. The van der Waals surface area contributed by atoms with Crippen molar-refractivity contribution in [2.75, 3.05) is 5.88 Å². The van der Waals surface area contributed by atoms with E-state index >= 15 is 0 Å². The van der Waals surface area contributed by atoms with Gasteiger partial charge in [-0.25, -0.2) is 0 Å². The third kappa shape index (κ3) is 4.90. The summed E-state index contributed by atoms with van der Waals surface area (Å²) in [6.45, 7) is 2.20. The Bertz CT molecular complexity index is 578. The molecule has 2 N–H and O–H groups in total. The first-order valence-corrected chi connectivity index (χ1v) is 8.83. The normalized spacial score (nSPS) is 13.7. The van der Waals surface area contributed by atoms with Crippen molar-refractivity contribution >= 4 is 11.6 Å². The first kappa shape index (κ1) is 17.7. The van der Waals surface area contributed by atoms with E-state index in [0.29, 0.717) is 29.2 Å². The maximum absolute atomic E-state index is 9.55. The molecule has 0 saturated carbocycles. The molecule has 2 aromatic rings. The van der Waals surface area contributed by atoms with E-state index in [1.54, 1.807) is 24.3 Å². The third-order valence-electron chi connectivity index (χ3n) is 4.47. The zero-order valence-corrected chi connectivity index (χ0v) is 14.3. The molecular weight excluding hydrogens is 308 g/mol. The number of phenolic OH excluding ortho intramolecular Hbond substituents is 2. The summed E-state index contributed by atoms with van der Waals surface area (Å²) in [5.41, 5.74) is 2.49. The van der Waals surface area contributed by atoms with E-state index in [0.717, 1.165) is 25.7 Å². The first-order chi connectivity index (χ1) is 11.2. The molecule has 0 aliphatic carbocycles. The summed E-state index contributed by atoms with van der Waals surface area (Å²) in [6, 6.07) is 15.1. The van der Waals surface area contributed by atoms with Crippen LogP contribution in [0.5, 0.6) is 11.5 Å². The fourth-order valence-corrected chi connectivity index (χ4v) is 3.44. The van der Waals surface area contributed by atoms with Crippen LogP contribution in [0.2, 0.25) is 0 Å². The molecule has 23 heavy (non-hydrogen) atoms.